The highest BCUT2D eigenvalue weighted by Gasteiger charge is 2.15. The largest absolute Gasteiger partial charge is 0.469 e. The number of nitrogens with zero attached hydrogens (tertiary/aromatic N) is 1. The molecule has 0 saturated carbocycles. The van der Waals surface area contributed by atoms with Gasteiger partial charge in [0.1, 0.15) is 4.88 Å². The summed E-state index contributed by atoms with van der Waals surface area (Å²) in [4.78, 5) is 28.3. The number of hydrogen-bond donors (Lipinski definition) is 1. The standard InChI is InChI=1S/C17H20N2O3S/c1-12-16(17(21)18-10-6-9-15(20)22-2)23-14(19-12)11-13-7-4-3-5-8-13/h3-5,7-8H,6,9-11H2,1-2H3,(H,18,21). The summed E-state index contributed by atoms with van der Waals surface area (Å²) in [5.41, 5.74) is 1.91. The number of ether oxygens (including phenoxy) is 1. The number of amides is 1. The molecule has 0 saturated heterocycles. The van der Waals surface area contributed by atoms with Crippen LogP contribution in [0.15, 0.2) is 30.3 Å². The quantitative estimate of drug-likeness (QED) is 0.625. The minimum Gasteiger partial charge on any atom is -0.469 e. The maximum Gasteiger partial charge on any atom is 0.305 e. The molecule has 2 aromatic rings. The van der Waals surface area contributed by atoms with E-state index in [2.05, 4.69) is 15.0 Å². The highest BCUT2D eigenvalue weighted by molar-refractivity contribution is 7.13. The average molecular weight is 332 g/mol. The first-order valence-electron chi connectivity index (χ1n) is 7.45. The molecule has 0 aliphatic heterocycles. The number of nitrogens with one attached hydrogen (secondary N) is 1. The molecule has 0 fully saturated rings. The van der Waals surface area contributed by atoms with Crippen LogP contribution < -0.4 is 5.32 Å². The van der Waals surface area contributed by atoms with E-state index >= 15 is 0 Å². The Bertz CT molecular complexity index is 668. The number of thiazole rings is 1. The lowest BCUT2D eigenvalue weighted by Gasteiger charge is -2.03. The topological polar surface area (TPSA) is 68.3 Å². The summed E-state index contributed by atoms with van der Waals surface area (Å²) in [6.07, 6.45) is 1.59. The fourth-order valence-electron chi connectivity index (χ4n) is 2.13. The van der Waals surface area contributed by atoms with Crippen LogP contribution in [-0.4, -0.2) is 30.5 Å². The van der Waals surface area contributed by atoms with Gasteiger partial charge >= 0.3 is 5.97 Å². The van der Waals surface area contributed by atoms with E-state index in [1.807, 2.05) is 37.3 Å². The second-order valence-corrected chi connectivity index (χ2v) is 6.20. The lowest BCUT2D eigenvalue weighted by atomic mass is 10.2. The summed E-state index contributed by atoms with van der Waals surface area (Å²) < 4.78 is 4.56. The van der Waals surface area contributed by atoms with E-state index in [1.165, 1.54) is 24.0 Å². The van der Waals surface area contributed by atoms with Crippen LogP contribution in [0.2, 0.25) is 0 Å². The van der Waals surface area contributed by atoms with Gasteiger partial charge in [-0.2, -0.15) is 0 Å². The van der Waals surface area contributed by atoms with E-state index in [9.17, 15) is 9.59 Å². The normalized spacial score (nSPS) is 10.3. The van der Waals surface area contributed by atoms with Gasteiger partial charge in [0.2, 0.25) is 0 Å². The number of benzene rings is 1. The molecule has 1 aromatic heterocycles. The Labute approximate surface area is 139 Å². The number of methoxy groups -OCH3 is 1. The lowest BCUT2D eigenvalue weighted by molar-refractivity contribution is -0.140. The monoisotopic (exact) mass is 332 g/mol. The van der Waals surface area contributed by atoms with Crippen LogP contribution in [0.3, 0.4) is 0 Å². The van der Waals surface area contributed by atoms with E-state index in [4.69, 9.17) is 0 Å². The Morgan fingerprint density at radius 1 is 1.26 bits per heavy atom. The predicted molar refractivity (Wildman–Crippen MR) is 89.7 cm³/mol. The van der Waals surface area contributed by atoms with Crippen molar-refractivity contribution in [2.75, 3.05) is 13.7 Å². The first-order chi connectivity index (χ1) is 11.1. The molecule has 0 spiro atoms. The number of esters is 1. The molecule has 1 aromatic carbocycles. The van der Waals surface area contributed by atoms with Crippen LogP contribution in [0, 0.1) is 6.92 Å². The van der Waals surface area contributed by atoms with Gasteiger partial charge in [-0.15, -0.1) is 11.3 Å². The van der Waals surface area contributed by atoms with Gasteiger partial charge in [0.15, 0.2) is 0 Å². The molecule has 0 aliphatic rings. The van der Waals surface area contributed by atoms with Gasteiger partial charge in [0, 0.05) is 19.4 Å². The van der Waals surface area contributed by atoms with E-state index in [-0.39, 0.29) is 11.9 Å². The van der Waals surface area contributed by atoms with Crippen molar-refractivity contribution in [2.45, 2.75) is 26.2 Å². The molecule has 0 unspecified atom stereocenters. The zero-order valence-corrected chi connectivity index (χ0v) is 14.1. The van der Waals surface area contributed by atoms with Gasteiger partial charge < -0.3 is 10.1 Å². The van der Waals surface area contributed by atoms with Gasteiger partial charge in [0.05, 0.1) is 17.8 Å². The van der Waals surface area contributed by atoms with Gasteiger partial charge in [-0.1, -0.05) is 30.3 Å². The molecule has 1 N–H and O–H groups in total. The zero-order valence-electron chi connectivity index (χ0n) is 13.3. The third kappa shape index (κ3) is 5.17. The molecule has 2 rings (SSSR count). The van der Waals surface area contributed by atoms with Crippen molar-refractivity contribution in [1.82, 2.24) is 10.3 Å². The molecule has 5 nitrogen and oxygen atoms in total. The Morgan fingerprint density at radius 2 is 2.00 bits per heavy atom. The van der Waals surface area contributed by atoms with Crippen molar-refractivity contribution in [2.24, 2.45) is 0 Å². The van der Waals surface area contributed by atoms with Crippen LogP contribution in [0.4, 0.5) is 0 Å². The molecule has 0 aliphatic carbocycles. The van der Waals surface area contributed by atoms with Crippen molar-refractivity contribution < 1.29 is 14.3 Å². The Hall–Kier alpha value is -2.21. The Balaban J connectivity index is 1.90. The van der Waals surface area contributed by atoms with Crippen LogP contribution in [0.5, 0.6) is 0 Å². The first kappa shape index (κ1) is 17.1. The SMILES string of the molecule is COC(=O)CCCNC(=O)c1sc(Cc2ccccc2)nc1C. The van der Waals surface area contributed by atoms with Gasteiger partial charge in [-0.25, -0.2) is 4.98 Å². The molecule has 1 amide bonds. The Morgan fingerprint density at radius 3 is 2.70 bits per heavy atom. The van der Waals surface area contributed by atoms with E-state index in [0.29, 0.717) is 24.3 Å². The summed E-state index contributed by atoms with van der Waals surface area (Å²) in [7, 11) is 1.36. The average Bonchev–Trinajstić information content (AvgIpc) is 2.92. The van der Waals surface area contributed by atoms with Crippen molar-refractivity contribution in [3.05, 3.63) is 51.5 Å². The predicted octanol–water partition coefficient (Wildman–Crippen LogP) is 2.73. The number of carbonyl (C=O) groups is 2. The van der Waals surface area contributed by atoms with Crippen molar-refractivity contribution >= 4 is 23.2 Å². The molecular weight excluding hydrogens is 312 g/mol. The minimum absolute atomic E-state index is 0.135. The van der Waals surface area contributed by atoms with E-state index in [0.717, 1.165) is 17.1 Å². The molecule has 0 radical (unpaired) electrons. The minimum atomic E-state index is -0.265. The van der Waals surface area contributed by atoms with Crippen LogP contribution in [0.1, 0.15) is 38.8 Å². The number of aromatic nitrogens is 1. The second kappa shape index (κ2) is 8.43. The van der Waals surface area contributed by atoms with E-state index < -0.39 is 0 Å². The molecule has 0 atom stereocenters. The zero-order chi connectivity index (χ0) is 16.7. The Kier molecular flexibility index (Phi) is 6.29. The molecule has 1 heterocycles. The highest BCUT2D eigenvalue weighted by Crippen LogP contribution is 2.20. The number of carbonyl (C=O) groups excluding carboxylic acids is 2. The molecule has 122 valence electrons. The third-order valence-electron chi connectivity index (χ3n) is 3.32. The van der Waals surface area contributed by atoms with Crippen LogP contribution >= 0.6 is 11.3 Å². The number of aryl methyl sites for hydroxylation is 1. The molecule has 0 bridgehead atoms. The van der Waals surface area contributed by atoms with E-state index in [1.54, 1.807) is 0 Å². The summed E-state index contributed by atoms with van der Waals surface area (Å²) in [5.74, 6) is -0.400. The number of hydrogen-bond acceptors (Lipinski definition) is 5. The molecule has 23 heavy (non-hydrogen) atoms. The fraction of sp³-hybridized carbons (Fsp3) is 0.353. The maximum absolute atomic E-state index is 12.2. The first-order valence-corrected chi connectivity index (χ1v) is 8.27. The van der Waals surface area contributed by atoms with Crippen LogP contribution in [0.25, 0.3) is 0 Å². The van der Waals surface area contributed by atoms with Gasteiger partial charge in [-0.05, 0) is 18.9 Å². The number of rotatable bonds is 7. The summed E-state index contributed by atoms with van der Waals surface area (Å²) >= 11 is 1.42. The fourth-order valence-corrected chi connectivity index (χ4v) is 3.14. The van der Waals surface area contributed by atoms with Crippen molar-refractivity contribution in [1.29, 1.82) is 0 Å². The lowest BCUT2D eigenvalue weighted by Crippen LogP contribution is -2.24. The highest BCUT2D eigenvalue weighted by atomic mass is 32.1. The smallest absolute Gasteiger partial charge is 0.305 e. The summed E-state index contributed by atoms with van der Waals surface area (Å²) in [6, 6.07) is 10.0. The summed E-state index contributed by atoms with van der Waals surface area (Å²) in [5, 5.41) is 3.74. The maximum atomic E-state index is 12.2. The van der Waals surface area contributed by atoms with Gasteiger partial charge in [-0.3, -0.25) is 9.59 Å². The summed E-state index contributed by atoms with van der Waals surface area (Å²) in [6.45, 7) is 2.29. The van der Waals surface area contributed by atoms with Crippen molar-refractivity contribution in [3.63, 3.8) is 0 Å². The second-order valence-electron chi connectivity index (χ2n) is 5.12. The third-order valence-corrected chi connectivity index (χ3v) is 4.47. The van der Waals surface area contributed by atoms with Crippen LogP contribution in [-0.2, 0) is 16.0 Å². The molecular formula is C17H20N2O3S. The van der Waals surface area contributed by atoms with Gasteiger partial charge in [0.25, 0.3) is 5.91 Å². The van der Waals surface area contributed by atoms with Crippen molar-refractivity contribution in [3.8, 4) is 0 Å². The molecule has 6 heteroatoms.